The van der Waals surface area contributed by atoms with Gasteiger partial charge in [0.25, 0.3) is 5.91 Å². The number of hydrogen-bond donors (Lipinski definition) is 0. The third kappa shape index (κ3) is 4.19. The highest BCUT2D eigenvalue weighted by molar-refractivity contribution is 6.08. The quantitative estimate of drug-likeness (QED) is 0.524. The molecule has 1 aliphatic rings. The molecule has 2 aromatic carbocycles. The average Bonchev–Trinajstić information content (AvgIpc) is 2.70. The molecule has 160 valence electrons. The van der Waals surface area contributed by atoms with Crippen molar-refractivity contribution in [2.75, 3.05) is 18.6 Å². The van der Waals surface area contributed by atoms with Gasteiger partial charge < -0.3 is 14.4 Å². The monoisotopic (exact) mass is 433 g/mol. The molecule has 11 heteroatoms. The van der Waals surface area contributed by atoms with Crippen LogP contribution in [0.5, 0.6) is 5.75 Å². The van der Waals surface area contributed by atoms with E-state index in [0.717, 1.165) is 12.0 Å². The number of ether oxygens (including phenoxy) is 2. The third-order valence-electron chi connectivity index (χ3n) is 4.32. The predicted octanol–water partition coefficient (Wildman–Crippen LogP) is 4.31. The molecular formula is C19H13F6NO4. The van der Waals surface area contributed by atoms with Crippen molar-refractivity contribution in [2.24, 2.45) is 0 Å². The molecule has 0 unspecified atom stereocenters. The van der Waals surface area contributed by atoms with Gasteiger partial charge >= 0.3 is 18.3 Å². The number of amides is 1. The van der Waals surface area contributed by atoms with Crippen LogP contribution >= 0.6 is 0 Å². The van der Waals surface area contributed by atoms with Crippen LogP contribution in [0.1, 0.15) is 21.5 Å². The topological polar surface area (TPSA) is 55.8 Å². The largest absolute Gasteiger partial charge is 0.475 e. The third-order valence-corrected chi connectivity index (χ3v) is 4.32. The van der Waals surface area contributed by atoms with Crippen LogP contribution < -0.4 is 9.64 Å². The lowest BCUT2D eigenvalue weighted by Gasteiger charge is -2.33. The summed E-state index contributed by atoms with van der Waals surface area (Å²) in [6.45, 7) is -0.458. The van der Waals surface area contributed by atoms with E-state index >= 15 is 0 Å². The predicted molar refractivity (Wildman–Crippen MR) is 91.0 cm³/mol. The Bertz CT molecular complexity index is 953. The number of fused-ring (bicyclic) bond motifs is 1. The minimum atomic E-state index is -5.10. The molecule has 0 fully saturated rings. The van der Waals surface area contributed by atoms with Gasteiger partial charge in [0.15, 0.2) is 0 Å². The molecule has 0 saturated heterocycles. The summed E-state index contributed by atoms with van der Waals surface area (Å²) in [6.07, 6.45) is -11.5. The Balaban J connectivity index is 2.10. The highest BCUT2D eigenvalue weighted by atomic mass is 19.4. The van der Waals surface area contributed by atoms with Crippen LogP contribution in [0.4, 0.5) is 32.0 Å². The molecule has 0 N–H and O–H groups in total. The second-order valence-corrected chi connectivity index (χ2v) is 6.31. The van der Waals surface area contributed by atoms with E-state index in [9.17, 15) is 35.9 Å². The zero-order valence-corrected chi connectivity index (χ0v) is 15.2. The van der Waals surface area contributed by atoms with Crippen LogP contribution in [0.25, 0.3) is 0 Å². The van der Waals surface area contributed by atoms with E-state index in [1.54, 1.807) is 0 Å². The van der Waals surface area contributed by atoms with Crippen molar-refractivity contribution >= 4 is 17.6 Å². The van der Waals surface area contributed by atoms with Crippen molar-refractivity contribution in [1.29, 1.82) is 0 Å². The number of methoxy groups -OCH3 is 1. The number of carbonyl (C=O) groups is 2. The molecule has 5 nitrogen and oxygen atoms in total. The maximum absolute atomic E-state index is 13.1. The van der Waals surface area contributed by atoms with E-state index in [4.69, 9.17) is 4.74 Å². The number of rotatable bonds is 2. The lowest BCUT2D eigenvalue weighted by molar-refractivity contribution is -0.148. The van der Waals surface area contributed by atoms with Crippen molar-refractivity contribution in [2.45, 2.75) is 18.5 Å². The number of halogens is 6. The smallest absolute Gasteiger partial charge is 0.416 e. The summed E-state index contributed by atoms with van der Waals surface area (Å²) < 4.78 is 88.7. The van der Waals surface area contributed by atoms with Gasteiger partial charge in [-0.15, -0.1) is 0 Å². The van der Waals surface area contributed by atoms with Crippen molar-refractivity contribution in [3.8, 4) is 5.75 Å². The number of hydrogen-bond acceptors (Lipinski definition) is 4. The van der Waals surface area contributed by atoms with E-state index in [1.807, 2.05) is 0 Å². The molecule has 1 heterocycles. The Kier molecular flexibility index (Phi) is 5.40. The maximum atomic E-state index is 13.1. The number of nitrogens with zero attached hydrogens (tertiary/aromatic N) is 1. The minimum absolute atomic E-state index is 0.0514. The summed E-state index contributed by atoms with van der Waals surface area (Å²) in [5, 5.41) is 0. The van der Waals surface area contributed by atoms with Gasteiger partial charge in [-0.05, 0) is 30.3 Å². The normalized spacial score (nSPS) is 16.5. The number of carbonyl (C=O) groups excluding carboxylic acids is 2. The number of alkyl halides is 6. The Morgan fingerprint density at radius 1 is 1.00 bits per heavy atom. The second kappa shape index (κ2) is 7.54. The highest BCUT2D eigenvalue weighted by Crippen LogP contribution is 2.38. The van der Waals surface area contributed by atoms with E-state index in [-0.39, 0.29) is 17.5 Å². The van der Waals surface area contributed by atoms with Gasteiger partial charge in [0.1, 0.15) is 5.75 Å². The van der Waals surface area contributed by atoms with Gasteiger partial charge in [0.2, 0.25) is 6.10 Å². The first kappa shape index (κ1) is 21.5. The van der Waals surface area contributed by atoms with Crippen molar-refractivity contribution in [3.05, 3.63) is 59.2 Å². The van der Waals surface area contributed by atoms with Crippen molar-refractivity contribution in [3.63, 3.8) is 0 Å². The zero-order valence-electron chi connectivity index (χ0n) is 15.2. The molecule has 0 radical (unpaired) electrons. The van der Waals surface area contributed by atoms with Gasteiger partial charge in [-0.3, -0.25) is 4.79 Å². The second-order valence-electron chi connectivity index (χ2n) is 6.31. The fraction of sp³-hybridized carbons (Fsp3) is 0.263. The Morgan fingerprint density at radius 2 is 1.57 bits per heavy atom. The van der Waals surface area contributed by atoms with E-state index in [2.05, 4.69) is 4.74 Å². The molecule has 3 rings (SSSR count). The number of para-hydroxylation sites is 2. The fourth-order valence-electron chi connectivity index (χ4n) is 2.92. The fourth-order valence-corrected chi connectivity index (χ4v) is 2.92. The van der Waals surface area contributed by atoms with E-state index in [1.165, 1.54) is 24.3 Å². The number of esters is 1. The van der Waals surface area contributed by atoms with Gasteiger partial charge in [-0.2, -0.15) is 26.3 Å². The van der Waals surface area contributed by atoms with Gasteiger partial charge in [-0.1, -0.05) is 12.1 Å². The molecule has 1 aliphatic heterocycles. The molecule has 1 atom stereocenters. The molecule has 0 spiro atoms. The first-order valence-corrected chi connectivity index (χ1v) is 8.36. The van der Waals surface area contributed by atoms with Crippen LogP contribution in [-0.4, -0.2) is 31.6 Å². The summed E-state index contributed by atoms with van der Waals surface area (Å²) >= 11 is 0. The molecule has 0 aromatic heterocycles. The van der Waals surface area contributed by atoms with Crippen LogP contribution in [-0.2, 0) is 21.9 Å². The van der Waals surface area contributed by atoms with Gasteiger partial charge in [0, 0.05) is 5.56 Å². The van der Waals surface area contributed by atoms with Crippen LogP contribution in [0, 0.1) is 0 Å². The minimum Gasteiger partial charge on any atom is -0.475 e. The zero-order chi connectivity index (χ0) is 22.3. The number of benzene rings is 2. The molecule has 0 aliphatic carbocycles. The van der Waals surface area contributed by atoms with E-state index < -0.39 is 53.6 Å². The van der Waals surface area contributed by atoms with Crippen LogP contribution in [0.3, 0.4) is 0 Å². The average molecular weight is 433 g/mol. The first-order chi connectivity index (χ1) is 13.9. The van der Waals surface area contributed by atoms with Crippen molar-refractivity contribution in [1.82, 2.24) is 0 Å². The molecule has 0 bridgehead atoms. The Morgan fingerprint density at radius 3 is 2.10 bits per heavy atom. The van der Waals surface area contributed by atoms with Crippen LogP contribution in [0.2, 0.25) is 0 Å². The lowest BCUT2D eigenvalue weighted by Crippen LogP contribution is -2.47. The molecule has 1 amide bonds. The SMILES string of the molecule is COC(=O)[C@@H]1CN(C(=O)c2cc(C(F)(F)F)cc(C(F)(F)F)c2)c2ccccc2O1. The molecule has 0 saturated carbocycles. The summed E-state index contributed by atoms with van der Waals surface area (Å²) in [6, 6.07) is 6.41. The summed E-state index contributed by atoms with van der Waals surface area (Å²) in [5.74, 6) is -1.96. The molecular weight excluding hydrogens is 420 g/mol. The molecule has 2 aromatic rings. The van der Waals surface area contributed by atoms with Crippen molar-refractivity contribution < 1.29 is 45.4 Å². The van der Waals surface area contributed by atoms with Gasteiger partial charge in [0.05, 0.1) is 30.5 Å². The highest BCUT2D eigenvalue weighted by Gasteiger charge is 2.39. The lowest BCUT2D eigenvalue weighted by atomic mass is 10.0. The van der Waals surface area contributed by atoms with Crippen LogP contribution in [0.15, 0.2) is 42.5 Å². The standard InChI is InChI=1S/C19H13F6NO4/c1-29-17(28)15-9-26(13-4-2-3-5-14(13)30-15)16(27)10-6-11(18(20,21)22)8-12(7-10)19(23,24)25/h2-8,15H,9H2,1H3/t15-/m0/s1. The summed E-state index contributed by atoms with van der Waals surface area (Å²) in [7, 11) is 1.07. The Labute approximate surface area is 165 Å². The first-order valence-electron chi connectivity index (χ1n) is 8.36. The number of anilines is 1. The summed E-state index contributed by atoms with van der Waals surface area (Å²) in [5.41, 5.74) is -3.98. The Hall–Kier alpha value is -3.24. The van der Waals surface area contributed by atoms with E-state index in [0.29, 0.717) is 12.1 Å². The maximum Gasteiger partial charge on any atom is 0.416 e. The summed E-state index contributed by atoms with van der Waals surface area (Å²) in [4.78, 5) is 25.7. The van der Waals surface area contributed by atoms with Gasteiger partial charge in [-0.25, -0.2) is 4.79 Å². The molecule has 30 heavy (non-hydrogen) atoms.